The van der Waals surface area contributed by atoms with Crippen LogP contribution in [0.5, 0.6) is 0 Å². The van der Waals surface area contributed by atoms with Crippen molar-refractivity contribution in [1.29, 1.82) is 0 Å². The lowest BCUT2D eigenvalue weighted by molar-refractivity contribution is -0.116. The number of aromatic nitrogens is 2. The topological polar surface area (TPSA) is 99.9 Å². The van der Waals surface area contributed by atoms with Crippen LogP contribution in [0.4, 0.5) is 0 Å². The number of rotatable bonds is 2. The van der Waals surface area contributed by atoms with Gasteiger partial charge in [-0.05, 0) is 35.4 Å². The van der Waals surface area contributed by atoms with Gasteiger partial charge in [-0.25, -0.2) is 0 Å². The zero-order valence-corrected chi connectivity index (χ0v) is 23.6. The summed E-state index contributed by atoms with van der Waals surface area (Å²) in [5.41, 5.74) is 2.19. The number of carbonyl (C=O) groups excluding carboxylic acids is 2. The predicted molar refractivity (Wildman–Crippen MR) is 152 cm³/mol. The van der Waals surface area contributed by atoms with E-state index in [0.717, 1.165) is 57.3 Å². The van der Waals surface area contributed by atoms with Crippen LogP contribution in [0.2, 0.25) is 10.0 Å². The number of aromatic amines is 2. The summed E-state index contributed by atoms with van der Waals surface area (Å²) in [6.45, 7) is 0. The Kier molecular flexibility index (Phi) is 5.77. The molecule has 3 aliphatic rings. The fourth-order valence-corrected chi connectivity index (χ4v) is 9.87. The lowest BCUT2D eigenvalue weighted by atomic mass is 9.76. The molecule has 0 fully saturated rings. The quantitative estimate of drug-likeness (QED) is 0.256. The second-order valence-corrected chi connectivity index (χ2v) is 13.7. The highest BCUT2D eigenvalue weighted by molar-refractivity contribution is 8.06. The number of hydrogen-bond donors (Lipinski definition) is 2. The molecule has 4 heterocycles. The van der Waals surface area contributed by atoms with E-state index in [1.165, 1.54) is 0 Å². The molecule has 2 aliphatic heterocycles. The van der Waals surface area contributed by atoms with Crippen molar-refractivity contribution < 1.29 is 9.59 Å². The highest BCUT2D eigenvalue weighted by Crippen LogP contribution is 2.58. The van der Waals surface area contributed by atoms with Gasteiger partial charge in [0.1, 0.15) is 0 Å². The fraction of sp³-hybridized carbons (Fsp3) is 0.0769. The summed E-state index contributed by atoms with van der Waals surface area (Å²) < 4.78 is 0. The Morgan fingerprint density at radius 1 is 0.579 bits per heavy atom. The molecule has 2 atom stereocenters. The molecule has 0 radical (unpaired) electrons. The second-order valence-electron chi connectivity index (χ2n) is 8.73. The van der Waals surface area contributed by atoms with Crippen molar-refractivity contribution in [3.05, 3.63) is 120 Å². The zero-order valence-electron chi connectivity index (χ0n) is 18.8. The maximum atomic E-state index is 14.6. The summed E-state index contributed by atoms with van der Waals surface area (Å²) >= 11 is 16.6. The number of benzene rings is 2. The minimum atomic E-state index is -0.616. The summed E-state index contributed by atoms with van der Waals surface area (Å²) in [6, 6.07) is 14.2. The largest absolute Gasteiger partial charge is 0.307 e. The SMILES string of the molecule is O=C1C2=C(C(=O)C3=C1Sc1[nH]c(=O)sc1[C@@H]3c1ccc(Cl)cc1)[C@@H](c1ccc(Cl)cc1)c1sc(=O)[nH]c1S2. The first-order chi connectivity index (χ1) is 18.3. The van der Waals surface area contributed by atoms with Gasteiger partial charge in [-0.2, -0.15) is 0 Å². The number of halogens is 2. The summed E-state index contributed by atoms with van der Waals surface area (Å²) in [5.74, 6) is -1.80. The molecule has 0 spiro atoms. The van der Waals surface area contributed by atoms with Crippen LogP contribution in [0.1, 0.15) is 32.7 Å². The van der Waals surface area contributed by atoms with Crippen LogP contribution in [0, 0.1) is 0 Å². The van der Waals surface area contributed by atoms with E-state index in [1.807, 2.05) is 24.3 Å². The Morgan fingerprint density at radius 2 is 0.974 bits per heavy atom. The van der Waals surface area contributed by atoms with Gasteiger partial charge in [0, 0.05) is 21.2 Å². The predicted octanol–water partition coefficient (Wildman–Crippen LogP) is 6.33. The lowest BCUT2D eigenvalue weighted by Gasteiger charge is -2.35. The second kappa shape index (κ2) is 8.97. The van der Waals surface area contributed by atoms with Crippen molar-refractivity contribution in [2.75, 3.05) is 0 Å². The van der Waals surface area contributed by atoms with Crippen molar-refractivity contribution in [1.82, 2.24) is 9.97 Å². The Hall–Kier alpha value is -2.60. The molecule has 7 rings (SSSR count). The van der Waals surface area contributed by atoms with E-state index in [2.05, 4.69) is 9.97 Å². The standard InChI is InChI=1S/C26H12Cl2N2O4S4/c27-11-5-1-9(2-6-11)13-15-17(31)16-14(10-3-7-12(28)8-4-10)22-24(30-26(34)38-22)36-20(16)18(32)19(15)35-23-21(13)37-25(33)29-23/h1-8,13-14H,(H,29,33)(H,30,34)/t13-,14-/m1/s1. The number of hydrogen-bond acceptors (Lipinski definition) is 8. The highest BCUT2D eigenvalue weighted by atomic mass is 35.5. The van der Waals surface area contributed by atoms with Crippen molar-refractivity contribution >= 4 is 81.0 Å². The minimum Gasteiger partial charge on any atom is -0.307 e. The molecule has 0 amide bonds. The van der Waals surface area contributed by atoms with Gasteiger partial charge in [-0.15, -0.1) is 0 Å². The number of fused-ring (bicyclic) bond motifs is 2. The third kappa shape index (κ3) is 3.70. The lowest BCUT2D eigenvalue weighted by Crippen LogP contribution is -2.31. The number of ketones is 2. The zero-order chi connectivity index (χ0) is 26.3. The van der Waals surface area contributed by atoms with E-state index in [4.69, 9.17) is 23.2 Å². The Balaban J connectivity index is 1.46. The number of thiazole rings is 2. The molecule has 2 aromatic heterocycles. The molecule has 0 unspecified atom stereocenters. The molecule has 4 aromatic rings. The first-order valence-corrected chi connectivity index (χ1v) is 15.2. The molecule has 2 aromatic carbocycles. The maximum absolute atomic E-state index is 14.6. The van der Waals surface area contributed by atoms with Crippen LogP contribution < -0.4 is 9.75 Å². The minimum absolute atomic E-state index is 0.257. The van der Waals surface area contributed by atoms with Gasteiger partial charge in [0.05, 0.1) is 41.5 Å². The molecule has 0 saturated carbocycles. The molecular formula is C26H12Cl2N2O4S4. The van der Waals surface area contributed by atoms with Gasteiger partial charge in [0.2, 0.25) is 5.78 Å². The van der Waals surface area contributed by atoms with Crippen LogP contribution in [0.25, 0.3) is 0 Å². The highest BCUT2D eigenvalue weighted by Gasteiger charge is 2.49. The third-order valence-corrected chi connectivity index (χ3v) is 11.5. The van der Waals surface area contributed by atoms with E-state index in [0.29, 0.717) is 50.8 Å². The first-order valence-electron chi connectivity index (χ1n) is 11.2. The molecule has 38 heavy (non-hydrogen) atoms. The average Bonchev–Trinajstić information content (AvgIpc) is 3.46. The molecule has 188 valence electrons. The van der Waals surface area contributed by atoms with Crippen LogP contribution in [0.15, 0.2) is 89.1 Å². The molecule has 12 heteroatoms. The molecule has 6 nitrogen and oxygen atoms in total. The average molecular weight is 616 g/mol. The smallest absolute Gasteiger partial charge is 0.305 e. The van der Waals surface area contributed by atoms with Gasteiger partial charge in [0.25, 0.3) is 0 Å². The van der Waals surface area contributed by atoms with E-state index >= 15 is 0 Å². The van der Waals surface area contributed by atoms with Crippen molar-refractivity contribution in [2.45, 2.75) is 21.9 Å². The fourth-order valence-electron chi connectivity index (χ4n) is 5.02. The molecule has 1 aliphatic carbocycles. The summed E-state index contributed by atoms with van der Waals surface area (Å²) in [6.07, 6.45) is 0. The number of carbonyl (C=O) groups is 2. The summed E-state index contributed by atoms with van der Waals surface area (Å²) in [5, 5.41) is 2.19. The number of thioether (sulfide) groups is 2. The first kappa shape index (κ1) is 24.4. The molecule has 2 N–H and O–H groups in total. The number of Topliss-reactive ketones (excluding diaryl/α,β-unsaturated/α-hetero) is 2. The number of nitrogens with one attached hydrogen (secondary N) is 2. The van der Waals surface area contributed by atoms with Crippen LogP contribution in [-0.2, 0) is 9.59 Å². The van der Waals surface area contributed by atoms with Crippen molar-refractivity contribution in [2.24, 2.45) is 0 Å². The van der Waals surface area contributed by atoms with Gasteiger partial charge in [0.15, 0.2) is 5.78 Å². The normalized spacial score (nSPS) is 20.3. The Bertz CT molecular complexity index is 1740. The van der Waals surface area contributed by atoms with Crippen LogP contribution in [-0.4, -0.2) is 21.5 Å². The van der Waals surface area contributed by atoms with Crippen molar-refractivity contribution in [3.63, 3.8) is 0 Å². The monoisotopic (exact) mass is 614 g/mol. The molecule has 0 saturated heterocycles. The van der Waals surface area contributed by atoms with Crippen molar-refractivity contribution in [3.8, 4) is 0 Å². The van der Waals surface area contributed by atoms with Gasteiger partial charge in [-0.3, -0.25) is 19.2 Å². The van der Waals surface area contributed by atoms with Crippen LogP contribution >= 0.6 is 69.4 Å². The van der Waals surface area contributed by atoms with E-state index in [1.54, 1.807) is 24.3 Å². The van der Waals surface area contributed by atoms with Gasteiger partial charge < -0.3 is 9.97 Å². The third-order valence-electron chi connectivity index (χ3n) is 6.59. The summed E-state index contributed by atoms with van der Waals surface area (Å²) in [4.78, 5) is 60.6. The molecular weight excluding hydrogens is 603 g/mol. The summed E-state index contributed by atoms with van der Waals surface area (Å²) in [7, 11) is 0. The molecule has 0 bridgehead atoms. The van der Waals surface area contributed by atoms with E-state index in [9.17, 15) is 19.2 Å². The Labute approximate surface area is 240 Å². The Morgan fingerprint density at radius 3 is 1.37 bits per heavy atom. The van der Waals surface area contributed by atoms with Gasteiger partial charge >= 0.3 is 9.75 Å². The number of H-pyrrole nitrogens is 2. The maximum Gasteiger partial charge on any atom is 0.305 e. The van der Waals surface area contributed by atoms with E-state index < -0.39 is 11.8 Å². The number of allylic oxidation sites excluding steroid dienone is 4. The van der Waals surface area contributed by atoms with Crippen LogP contribution in [0.3, 0.4) is 0 Å². The van der Waals surface area contributed by atoms with E-state index in [-0.39, 0.29) is 21.3 Å². The van der Waals surface area contributed by atoms with Gasteiger partial charge in [-0.1, -0.05) is 93.7 Å².